The maximum absolute atomic E-state index is 12.2. The molecular formula is C18H29N3O. The molecule has 4 nitrogen and oxygen atoms in total. The van der Waals surface area contributed by atoms with Gasteiger partial charge in [0, 0.05) is 44.3 Å². The molecule has 0 bridgehead atoms. The smallest absolute Gasteiger partial charge is 0.251 e. The summed E-state index contributed by atoms with van der Waals surface area (Å²) in [5.74, 6) is 0.0315. The fourth-order valence-electron chi connectivity index (χ4n) is 2.85. The normalized spacial score (nSPS) is 18.1. The van der Waals surface area contributed by atoms with Crippen LogP contribution in [-0.2, 0) is 6.42 Å². The van der Waals surface area contributed by atoms with Crippen molar-refractivity contribution in [1.29, 1.82) is 0 Å². The van der Waals surface area contributed by atoms with Crippen molar-refractivity contribution < 1.29 is 4.79 Å². The van der Waals surface area contributed by atoms with Crippen molar-refractivity contribution in [2.24, 2.45) is 0 Å². The minimum Gasteiger partial charge on any atom is -0.350 e. The summed E-state index contributed by atoms with van der Waals surface area (Å²) in [5.41, 5.74) is 2.05. The van der Waals surface area contributed by atoms with Crippen molar-refractivity contribution in [3.63, 3.8) is 0 Å². The monoisotopic (exact) mass is 303 g/mol. The summed E-state index contributed by atoms with van der Waals surface area (Å²) in [4.78, 5) is 17.0. The van der Waals surface area contributed by atoms with Crippen molar-refractivity contribution in [3.8, 4) is 0 Å². The molecule has 0 aliphatic carbocycles. The molecule has 0 unspecified atom stereocenters. The summed E-state index contributed by atoms with van der Waals surface area (Å²) in [6.45, 7) is 9.45. The van der Waals surface area contributed by atoms with E-state index in [1.54, 1.807) is 0 Å². The van der Waals surface area contributed by atoms with Crippen LogP contribution in [0.5, 0.6) is 0 Å². The second-order valence-electron chi connectivity index (χ2n) is 6.35. The van der Waals surface area contributed by atoms with Gasteiger partial charge in [0.15, 0.2) is 0 Å². The van der Waals surface area contributed by atoms with Crippen LogP contribution in [0.2, 0.25) is 0 Å². The summed E-state index contributed by atoms with van der Waals surface area (Å²) in [5, 5.41) is 3.06. The second-order valence-corrected chi connectivity index (χ2v) is 6.35. The van der Waals surface area contributed by atoms with E-state index in [-0.39, 0.29) is 5.91 Å². The Morgan fingerprint density at radius 3 is 2.41 bits per heavy atom. The van der Waals surface area contributed by atoms with Gasteiger partial charge in [0.1, 0.15) is 0 Å². The van der Waals surface area contributed by atoms with Crippen molar-refractivity contribution >= 4 is 5.91 Å². The summed E-state index contributed by atoms with van der Waals surface area (Å²) < 4.78 is 0. The molecule has 122 valence electrons. The van der Waals surface area contributed by atoms with Crippen molar-refractivity contribution in [2.75, 3.05) is 39.8 Å². The van der Waals surface area contributed by atoms with E-state index in [4.69, 9.17) is 0 Å². The zero-order valence-corrected chi connectivity index (χ0v) is 14.1. The van der Waals surface area contributed by atoms with E-state index in [1.165, 1.54) is 5.56 Å². The molecule has 0 aromatic heterocycles. The molecule has 1 atom stereocenters. The minimum absolute atomic E-state index is 0.0315. The highest BCUT2D eigenvalue weighted by atomic mass is 16.1. The van der Waals surface area contributed by atoms with Gasteiger partial charge in [0.2, 0.25) is 0 Å². The highest BCUT2D eigenvalue weighted by molar-refractivity contribution is 5.94. The molecule has 2 rings (SSSR count). The lowest BCUT2D eigenvalue weighted by atomic mass is 10.1. The van der Waals surface area contributed by atoms with E-state index in [2.05, 4.69) is 48.1 Å². The van der Waals surface area contributed by atoms with Crippen LogP contribution in [-0.4, -0.2) is 61.5 Å². The molecule has 1 saturated heterocycles. The SMILES string of the molecule is CCCc1ccc(C(=O)NC[C@@H](C)N2CCN(C)CC2)cc1. The van der Waals surface area contributed by atoms with E-state index in [1.807, 2.05) is 12.1 Å². The first-order valence-corrected chi connectivity index (χ1v) is 8.40. The molecule has 0 spiro atoms. The van der Waals surface area contributed by atoms with Gasteiger partial charge in [-0.1, -0.05) is 25.5 Å². The maximum atomic E-state index is 12.2. The number of hydrogen-bond acceptors (Lipinski definition) is 3. The lowest BCUT2D eigenvalue weighted by molar-refractivity contribution is 0.0903. The van der Waals surface area contributed by atoms with E-state index < -0.39 is 0 Å². The Bertz CT molecular complexity index is 464. The minimum atomic E-state index is 0.0315. The van der Waals surface area contributed by atoms with E-state index in [0.29, 0.717) is 12.6 Å². The second kappa shape index (κ2) is 8.30. The van der Waals surface area contributed by atoms with Gasteiger partial charge in [-0.25, -0.2) is 0 Å². The van der Waals surface area contributed by atoms with Crippen LogP contribution < -0.4 is 5.32 Å². The first kappa shape index (κ1) is 17.0. The first-order chi connectivity index (χ1) is 10.6. The number of carbonyl (C=O) groups is 1. The lowest BCUT2D eigenvalue weighted by Gasteiger charge is -2.36. The number of nitrogens with zero attached hydrogens (tertiary/aromatic N) is 2. The third kappa shape index (κ3) is 4.82. The van der Waals surface area contributed by atoms with Crippen LogP contribution >= 0.6 is 0 Å². The van der Waals surface area contributed by atoms with Crippen molar-refractivity contribution in [1.82, 2.24) is 15.1 Å². The fourth-order valence-corrected chi connectivity index (χ4v) is 2.85. The Morgan fingerprint density at radius 1 is 1.18 bits per heavy atom. The molecule has 1 fully saturated rings. The Kier molecular flexibility index (Phi) is 6.40. The van der Waals surface area contributed by atoms with Gasteiger partial charge in [-0.05, 0) is 38.1 Å². The van der Waals surface area contributed by atoms with Crippen LogP contribution in [0, 0.1) is 0 Å². The van der Waals surface area contributed by atoms with Crippen LogP contribution in [0.1, 0.15) is 36.2 Å². The van der Waals surface area contributed by atoms with Gasteiger partial charge in [-0.2, -0.15) is 0 Å². The quantitative estimate of drug-likeness (QED) is 0.873. The Labute approximate surface area is 134 Å². The average molecular weight is 303 g/mol. The first-order valence-electron chi connectivity index (χ1n) is 8.40. The molecule has 22 heavy (non-hydrogen) atoms. The molecule has 1 amide bonds. The van der Waals surface area contributed by atoms with Crippen molar-refractivity contribution in [2.45, 2.75) is 32.7 Å². The summed E-state index contributed by atoms with van der Waals surface area (Å²) in [6, 6.07) is 8.36. The Morgan fingerprint density at radius 2 is 1.82 bits per heavy atom. The number of nitrogens with one attached hydrogen (secondary N) is 1. The standard InChI is InChI=1S/C18H29N3O/c1-4-5-16-6-8-17(9-7-16)18(22)19-14-15(2)21-12-10-20(3)11-13-21/h6-9,15H,4-5,10-14H2,1-3H3,(H,19,22)/t15-/m1/s1. The summed E-state index contributed by atoms with van der Waals surface area (Å²) in [6.07, 6.45) is 2.20. The van der Waals surface area contributed by atoms with Crippen LogP contribution in [0.3, 0.4) is 0 Å². The molecule has 1 aromatic carbocycles. The average Bonchev–Trinajstić information content (AvgIpc) is 2.54. The largest absolute Gasteiger partial charge is 0.350 e. The van der Waals surface area contributed by atoms with Crippen LogP contribution in [0.25, 0.3) is 0 Å². The molecular weight excluding hydrogens is 274 g/mol. The van der Waals surface area contributed by atoms with Crippen LogP contribution in [0.4, 0.5) is 0 Å². The molecule has 0 saturated carbocycles. The predicted octanol–water partition coefficient (Wildman–Crippen LogP) is 2.00. The van der Waals surface area contributed by atoms with Gasteiger partial charge in [0.25, 0.3) is 5.91 Å². The highest BCUT2D eigenvalue weighted by Gasteiger charge is 2.19. The maximum Gasteiger partial charge on any atom is 0.251 e. The third-order valence-electron chi connectivity index (χ3n) is 4.47. The number of likely N-dealkylation sites (N-methyl/N-ethyl adjacent to an activating group) is 1. The third-order valence-corrected chi connectivity index (χ3v) is 4.47. The van der Waals surface area contributed by atoms with Gasteiger partial charge < -0.3 is 10.2 Å². The molecule has 4 heteroatoms. The zero-order valence-electron chi connectivity index (χ0n) is 14.1. The zero-order chi connectivity index (χ0) is 15.9. The fraction of sp³-hybridized carbons (Fsp3) is 0.611. The molecule has 1 aromatic rings. The Balaban J connectivity index is 1.79. The predicted molar refractivity (Wildman–Crippen MR) is 91.3 cm³/mol. The number of aryl methyl sites for hydroxylation is 1. The number of piperazine rings is 1. The number of carbonyl (C=O) groups excluding carboxylic acids is 1. The van der Waals surface area contributed by atoms with E-state index in [9.17, 15) is 4.79 Å². The van der Waals surface area contributed by atoms with E-state index >= 15 is 0 Å². The summed E-state index contributed by atoms with van der Waals surface area (Å²) >= 11 is 0. The lowest BCUT2D eigenvalue weighted by Crippen LogP contribution is -2.51. The molecule has 1 N–H and O–H groups in total. The number of amides is 1. The molecule has 1 aliphatic rings. The van der Waals surface area contributed by atoms with E-state index in [0.717, 1.165) is 44.6 Å². The van der Waals surface area contributed by atoms with Gasteiger partial charge in [-0.15, -0.1) is 0 Å². The molecule has 1 heterocycles. The van der Waals surface area contributed by atoms with Gasteiger partial charge in [0.05, 0.1) is 0 Å². The summed E-state index contributed by atoms with van der Waals surface area (Å²) in [7, 11) is 2.16. The molecule has 1 aliphatic heterocycles. The molecule has 0 radical (unpaired) electrons. The Hall–Kier alpha value is -1.39. The van der Waals surface area contributed by atoms with Crippen molar-refractivity contribution in [3.05, 3.63) is 35.4 Å². The highest BCUT2D eigenvalue weighted by Crippen LogP contribution is 2.08. The van der Waals surface area contributed by atoms with Gasteiger partial charge >= 0.3 is 0 Å². The number of benzene rings is 1. The van der Waals surface area contributed by atoms with Crippen LogP contribution in [0.15, 0.2) is 24.3 Å². The number of hydrogen-bond donors (Lipinski definition) is 1. The number of rotatable bonds is 6. The topological polar surface area (TPSA) is 35.6 Å². The van der Waals surface area contributed by atoms with Gasteiger partial charge in [-0.3, -0.25) is 9.69 Å².